The summed E-state index contributed by atoms with van der Waals surface area (Å²) >= 11 is 0. The zero-order chi connectivity index (χ0) is 22.3. The van der Waals surface area contributed by atoms with E-state index < -0.39 is 10.0 Å². The minimum atomic E-state index is -3.84. The predicted octanol–water partition coefficient (Wildman–Crippen LogP) is 4.42. The third-order valence-corrected chi connectivity index (χ3v) is 6.14. The molecule has 0 aliphatic heterocycles. The molecule has 0 radical (unpaired) electrons. The molecule has 0 spiro atoms. The standard InChI is InChI=1S/C24H26N2O4S/c1-3-30-22-14-12-21(13-15-22)26-31(28,29)23-11-7-10-20(16-23)24(27)25-17-18(2)19-8-5-4-6-9-19/h4-16,18,26H,3,17H2,1-2H3,(H,25,27). The van der Waals surface area contributed by atoms with Crippen LogP contribution in [0.5, 0.6) is 5.75 Å². The van der Waals surface area contributed by atoms with Crippen molar-refractivity contribution < 1.29 is 17.9 Å². The molecule has 2 N–H and O–H groups in total. The normalized spacial score (nSPS) is 12.1. The number of amides is 1. The minimum absolute atomic E-state index is 0.0187. The first-order chi connectivity index (χ1) is 14.9. The fourth-order valence-electron chi connectivity index (χ4n) is 3.05. The van der Waals surface area contributed by atoms with Crippen LogP contribution in [-0.2, 0) is 10.0 Å². The second-order valence-electron chi connectivity index (χ2n) is 7.11. The summed E-state index contributed by atoms with van der Waals surface area (Å²) < 4.78 is 33.4. The van der Waals surface area contributed by atoms with Gasteiger partial charge in [0.2, 0.25) is 0 Å². The zero-order valence-corrected chi connectivity index (χ0v) is 18.4. The average Bonchev–Trinajstić information content (AvgIpc) is 2.79. The van der Waals surface area contributed by atoms with Gasteiger partial charge in [-0.15, -0.1) is 0 Å². The lowest BCUT2D eigenvalue weighted by atomic mass is 10.0. The van der Waals surface area contributed by atoms with E-state index in [1.807, 2.05) is 44.2 Å². The summed E-state index contributed by atoms with van der Waals surface area (Å²) in [5, 5.41) is 2.88. The van der Waals surface area contributed by atoms with Gasteiger partial charge in [-0.25, -0.2) is 8.42 Å². The topological polar surface area (TPSA) is 84.5 Å². The maximum Gasteiger partial charge on any atom is 0.261 e. The van der Waals surface area contributed by atoms with Crippen molar-refractivity contribution in [3.63, 3.8) is 0 Å². The highest BCUT2D eigenvalue weighted by Crippen LogP contribution is 2.20. The monoisotopic (exact) mass is 438 g/mol. The van der Waals surface area contributed by atoms with Crippen LogP contribution < -0.4 is 14.8 Å². The van der Waals surface area contributed by atoms with Gasteiger partial charge in [0.05, 0.1) is 11.5 Å². The van der Waals surface area contributed by atoms with Crippen molar-refractivity contribution in [1.29, 1.82) is 0 Å². The van der Waals surface area contributed by atoms with E-state index in [9.17, 15) is 13.2 Å². The molecule has 0 heterocycles. The van der Waals surface area contributed by atoms with Crippen molar-refractivity contribution in [3.05, 3.63) is 90.0 Å². The molecule has 0 bridgehead atoms. The lowest BCUT2D eigenvalue weighted by Crippen LogP contribution is -2.27. The van der Waals surface area contributed by atoms with E-state index in [1.165, 1.54) is 12.1 Å². The van der Waals surface area contributed by atoms with Crippen molar-refractivity contribution in [3.8, 4) is 5.75 Å². The first kappa shape index (κ1) is 22.4. The summed E-state index contributed by atoms with van der Waals surface area (Å²) in [5.41, 5.74) is 1.82. The number of anilines is 1. The van der Waals surface area contributed by atoms with Crippen LogP contribution in [0.25, 0.3) is 0 Å². The number of hydrogen-bond acceptors (Lipinski definition) is 4. The van der Waals surface area contributed by atoms with E-state index in [-0.39, 0.29) is 22.3 Å². The Morgan fingerprint density at radius 1 is 0.968 bits per heavy atom. The molecule has 0 fully saturated rings. The molecule has 31 heavy (non-hydrogen) atoms. The van der Waals surface area contributed by atoms with Crippen LogP contribution >= 0.6 is 0 Å². The fourth-order valence-corrected chi connectivity index (χ4v) is 4.16. The Morgan fingerprint density at radius 2 is 1.68 bits per heavy atom. The molecule has 1 atom stereocenters. The second kappa shape index (κ2) is 10.1. The van der Waals surface area contributed by atoms with Gasteiger partial charge in [-0.05, 0) is 60.9 Å². The number of carbonyl (C=O) groups is 1. The van der Waals surface area contributed by atoms with Gasteiger partial charge in [0.15, 0.2) is 0 Å². The average molecular weight is 439 g/mol. The molecular formula is C24H26N2O4S. The van der Waals surface area contributed by atoms with Crippen molar-refractivity contribution in [2.24, 2.45) is 0 Å². The van der Waals surface area contributed by atoms with Gasteiger partial charge in [0.25, 0.3) is 15.9 Å². The third-order valence-electron chi connectivity index (χ3n) is 4.76. The van der Waals surface area contributed by atoms with Crippen LogP contribution in [-0.4, -0.2) is 27.5 Å². The first-order valence-electron chi connectivity index (χ1n) is 10.1. The summed E-state index contributed by atoms with van der Waals surface area (Å²) in [6.07, 6.45) is 0. The summed E-state index contributed by atoms with van der Waals surface area (Å²) in [7, 11) is -3.84. The molecule has 0 aliphatic carbocycles. The molecule has 3 rings (SSSR count). The van der Waals surface area contributed by atoms with Crippen LogP contribution in [0.3, 0.4) is 0 Å². The highest BCUT2D eigenvalue weighted by atomic mass is 32.2. The van der Waals surface area contributed by atoms with Crippen LogP contribution in [0.2, 0.25) is 0 Å². The highest BCUT2D eigenvalue weighted by Gasteiger charge is 2.17. The molecule has 1 unspecified atom stereocenters. The van der Waals surface area contributed by atoms with Gasteiger partial charge < -0.3 is 10.1 Å². The quantitative estimate of drug-likeness (QED) is 0.518. The number of rotatable bonds is 9. The van der Waals surface area contributed by atoms with E-state index in [0.29, 0.717) is 24.6 Å². The number of ether oxygens (including phenoxy) is 1. The predicted molar refractivity (Wildman–Crippen MR) is 122 cm³/mol. The van der Waals surface area contributed by atoms with Gasteiger partial charge >= 0.3 is 0 Å². The maximum atomic E-state index is 12.8. The Bertz CT molecular complexity index is 1110. The number of carbonyl (C=O) groups excluding carboxylic acids is 1. The van der Waals surface area contributed by atoms with Crippen LogP contribution in [0.1, 0.15) is 35.7 Å². The Labute approximate surface area is 183 Å². The van der Waals surface area contributed by atoms with Crippen molar-refractivity contribution in [1.82, 2.24) is 5.32 Å². The Morgan fingerprint density at radius 3 is 2.35 bits per heavy atom. The second-order valence-corrected chi connectivity index (χ2v) is 8.79. The maximum absolute atomic E-state index is 12.8. The van der Waals surface area contributed by atoms with Gasteiger partial charge in [-0.3, -0.25) is 9.52 Å². The van der Waals surface area contributed by atoms with E-state index >= 15 is 0 Å². The molecule has 3 aromatic carbocycles. The van der Waals surface area contributed by atoms with Crippen LogP contribution in [0.15, 0.2) is 83.8 Å². The Hall–Kier alpha value is -3.32. The Kier molecular flexibility index (Phi) is 7.31. The molecule has 0 saturated carbocycles. The van der Waals surface area contributed by atoms with Crippen molar-refractivity contribution in [2.75, 3.05) is 17.9 Å². The first-order valence-corrected chi connectivity index (χ1v) is 11.6. The van der Waals surface area contributed by atoms with Crippen LogP contribution in [0.4, 0.5) is 5.69 Å². The third kappa shape index (κ3) is 6.08. The molecule has 0 aliphatic rings. The molecule has 6 nitrogen and oxygen atoms in total. The molecule has 1 amide bonds. The SMILES string of the molecule is CCOc1ccc(NS(=O)(=O)c2cccc(C(=O)NCC(C)c3ccccc3)c2)cc1. The van der Waals surface area contributed by atoms with Gasteiger partial charge in [0, 0.05) is 17.8 Å². The largest absolute Gasteiger partial charge is 0.494 e. The molecule has 0 aromatic heterocycles. The summed E-state index contributed by atoms with van der Waals surface area (Å²) in [6, 6.07) is 22.5. The van der Waals surface area contributed by atoms with Crippen LogP contribution in [0, 0.1) is 0 Å². The number of nitrogens with one attached hydrogen (secondary N) is 2. The molecule has 3 aromatic rings. The smallest absolute Gasteiger partial charge is 0.261 e. The van der Waals surface area contributed by atoms with Crippen molar-refractivity contribution in [2.45, 2.75) is 24.7 Å². The van der Waals surface area contributed by atoms with E-state index in [0.717, 1.165) is 5.56 Å². The number of benzene rings is 3. The lowest BCUT2D eigenvalue weighted by Gasteiger charge is -2.14. The fraction of sp³-hybridized carbons (Fsp3) is 0.208. The lowest BCUT2D eigenvalue weighted by molar-refractivity contribution is 0.0951. The summed E-state index contributed by atoms with van der Waals surface area (Å²) in [5.74, 6) is 0.480. The van der Waals surface area contributed by atoms with Gasteiger partial charge in [0.1, 0.15) is 5.75 Å². The number of sulfonamides is 1. The zero-order valence-electron chi connectivity index (χ0n) is 17.5. The highest BCUT2D eigenvalue weighted by molar-refractivity contribution is 7.92. The van der Waals surface area contributed by atoms with E-state index in [2.05, 4.69) is 10.0 Å². The molecule has 7 heteroatoms. The number of hydrogen-bond donors (Lipinski definition) is 2. The molecule has 0 saturated heterocycles. The minimum Gasteiger partial charge on any atom is -0.494 e. The van der Waals surface area contributed by atoms with Crippen molar-refractivity contribution >= 4 is 21.6 Å². The molecule has 162 valence electrons. The molecular weight excluding hydrogens is 412 g/mol. The van der Waals surface area contributed by atoms with Gasteiger partial charge in [-0.2, -0.15) is 0 Å². The van der Waals surface area contributed by atoms with E-state index in [4.69, 9.17) is 4.74 Å². The van der Waals surface area contributed by atoms with E-state index in [1.54, 1.807) is 36.4 Å². The Balaban J connectivity index is 1.67. The summed E-state index contributed by atoms with van der Waals surface area (Å²) in [4.78, 5) is 12.6. The van der Waals surface area contributed by atoms with Gasteiger partial charge in [-0.1, -0.05) is 43.3 Å². The summed E-state index contributed by atoms with van der Waals surface area (Å²) in [6.45, 7) is 4.88.